The van der Waals surface area contributed by atoms with Crippen LogP contribution in [0.25, 0.3) is 11.4 Å². The molecule has 1 unspecified atom stereocenters. The van der Waals surface area contributed by atoms with Gasteiger partial charge in [-0.25, -0.2) is 4.79 Å². The number of anilines is 1. The second-order valence-corrected chi connectivity index (χ2v) is 8.23. The van der Waals surface area contributed by atoms with E-state index < -0.39 is 23.6 Å². The van der Waals surface area contributed by atoms with Gasteiger partial charge in [0.2, 0.25) is 17.3 Å². The molecule has 3 heterocycles. The number of carbonyl (C=O) groups excluding carboxylic acids is 1. The van der Waals surface area contributed by atoms with Crippen LogP contribution in [0, 0.1) is 23.2 Å². The highest BCUT2D eigenvalue weighted by Crippen LogP contribution is 2.48. The summed E-state index contributed by atoms with van der Waals surface area (Å²) in [5.41, 5.74) is -0.880. The number of carboxylic acids is 1. The highest BCUT2D eigenvalue weighted by Gasteiger charge is 2.56. The Kier molecular flexibility index (Phi) is 5.59. The number of nitriles is 1. The predicted octanol–water partition coefficient (Wildman–Crippen LogP) is 4.15. The SMILES string of the molecule is CC(OC(=O)Nc1c(C#N)noc1C#Cc1nc2oc(C3(C(=O)O)CC3)nc2o1)c1ccccc1Cl. The molecule has 1 atom stereocenters. The van der Waals surface area contributed by atoms with Crippen molar-refractivity contribution in [2.45, 2.75) is 31.3 Å². The number of aliphatic carboxylic acids is 1. The van der Waals surface area contributed by atoms with Gasteiger partial charge in [0.1, 0.15) is 23.3 Å². The number of amides is 1. The van der Waals surface area contributed by atoms with Crippen LogP contribution in [0.4, 0.5) is 10.5 Å². The second-order valence-electron chi connectivity index (χ2n) is 7.83. The van der Waals surface area contributed by atoms with Crippen LogP contribution in [0.15, 0.2) is 37.6 Å². The lowest BCUT2D eigenvalue weighted by Gasteiger charge is -2.15. The summed E-state index contributed by atoms with van der Waals surface area (Å²) in [5, 5.41) is 25.1. The Labute approximate surface area is 206 Å². The van der Waals surface area contributed by atoms with E-state index in [0.717, 1.165) is 0 Å². The molecule has 4 aromatic rings. The molecular weight excluding hydrogens is 494 g/mol. The van der Waals surface area contributed by atoms with E-state index in [0.29, 0.717) is 23.4 Å². The minimum Gasteiger partial charge on any atom is -0.480 e. The molecular formula is C23H14ClN5O7. The number of carboxylic acid groups (broad SMARTS) is 1. The Morgan fingerprint density at radius 1 is 1.22 bits per heavy atom. The molecule has 5 rings (SSSR count). The maximum atomic E-state index is 12.5. The zero-order valence-corrected chi connectivity index (χ0v) is 19.1. The maximum absolute atomic E-state index is 12.5. The van der Waals surface area contributed by atoms with E-state index in [-0.39, 0.29) is 40.4 Å². The minimum absolute atomic E-state index is 0.00686. The number of benzene rings is 1. The summed E-state index contributed by atoms with van der Waals surface area (Å²) >= 11 is 6.14. The van der Waals surface area contributed by atoms with Crippen molar-refractivity contribution in [2.75, 3.05) is 5.32 Å². The van der Waals surface area contributed by atoms with Crippen molar-refractivity contribution in [3.63, 3.8) is 0 Å². The van der Waals surface area contributed by atoms with Crippen LogP contribution in [0.3, 0.4) is 0 Å². The summed E-state index contributed by atoms with van der Waals surface area (Å²) in [4.78, 5) is 32.0. The van der Waals surface area contributed by atoms with Crippen molar-refractivity contribution < 1.29 is 32.8 Å². The third-order valence-corrected chi connectivity index (χ3v) is 5.82. The lowest BCUT2D eigenvalue weighted by atomic mass is 10.1. The van der Waals surface area contributed by atoms with E-state index in [1.54, 1.807) is 37.3 Å². The molecule has 1 fully saturated rings. The lowest BCUT2D eigenvalue weighted by Crippen LogP contribution is -2.19. The molecule has 0 aliphatic heterocycles. The normalized spacial score (nSPS) is 14.4. The van der Waals surface area contributed by atoms with Gasteiger partial charge in [0.15, 0.2) is 0 Å². The van der Waals surface area contributed by atoms with Gasteiger partial charge in [-0.3, -0.25) is 10.1 Å². The van der Waals surface area contributed by atoms with Gasteiger partial charge in [0, 0.05) is 16.5 Å². The standard InChI is InChI=1S/C23H14ClN5O7/c1-11(12-4-2-3-5-13(12)24)33-22(32)27-17-14(10-25)29-36-15(17)6-7-16-26-18-19(34-16)28-20(35-18)23(8-9-23)21(30)31/h2-5,11H,8-9H2,1H3,(H,27,32)(H,30,31). The smallest absolute Gasteiger partial charge is 0.412 e. The molecule has 36 heavy (non-hydrogen) atoms. The van der Waals surface area contributed by atoms with E-state index in [1.807, 2.05) is 0 Å². The Morgan fingerprint density at radius 3 is 2.64 bits per heavy atom. The largest absolute Gasteiger partial charge is 0.480 e. The van der Waals surface area contributed by atoms with E-state index in [1.165, 1.54) is 0 Å². The molecule has 1 aliphatic rings. The van der Waals surface area contributed by atoms with Gasteiger partial charge in [-0.2, -0.15) is 15.2 Å². The molecule has 1 saturated carbocycles. The van der Waals surface area contributed by atoms with Crippen LogP contribution in [-0.2, 0) is 14.9 Å². The quantitative estimate of drug-likeness (QED) is 0.370. The van der Waals surface area contributed by atoms with E-state index >= 15 is 0 Å². The summed E-state index contributed by atoms with van der Waals surface area (Å²) in [6.07, 6.45) is -0.738. The molecule has 0 bridgehead atoms. The topological polar surface area (TPSA) is 178 Å². The third kappa shape index (κ3) is 4.10. The number of nitrogens with zero attached hydrogens (tertiary/aromatic N) is 4. The molecule has 12 nitrogen and oxygen atoms in total. The van der Waals surface area contributed by atoms with Gasteiger partial charge >= 0.3 is 12.1 Å². The predicted molar refractivity (Wildman–Crippen MR) is 120 cm³/mol. The highest BCUT2D eigenvalue weighted by atomic mass is 35.5. The Balaban J connectivity index is 1.33. The summed E-state index contributed by atoms with van der Waals surface area (Å²) in [5.74, 6) is 3.87. The number of fused-ring (bicyclic) bond motifs is 1. The third-order valence-electron chi connectivity index (χ3n) is 5.48. The number of hydrogen-bond donors (Lipinski definition) is 2. The molecule has 0 radical (unpaired) electrons. The number of rotatable bonds is 5. The first kappa shape index (κ1) is 23.0. The molecule has 180 valence electrons. The monoisotopic (exact) mass is 507 g/mol. The minimum atomic E-state index is -1.14. The van der Waals surface area contributed by atoms with Crippen LogP contribution in [0.1, 0.15) is 54.7 Å². The van der Waals surface area contributed by atoms with Crippen LogP contribution in [0.5, 0.6) is 0 Å². The second kappa shape index (κ2) is 8.76. The molecule has 1 aromatic carbocycles. The van der Waals surface area contributed by atoms with Gasteiger partial charge in [0.05, 0.1) is 0 Å². The number of hydrogen-bond acceptors (Lipinski definition) is 10. The number of aromatic nitrogens is 3. The average Bonchev–Trinajstić information content (AvgIpc) is 3.23. The zero-order chi connectivity index (χ0) is 25.4. The lowest BCUT2D eigenvalue weighted by molar-refractivity contribution is -0.140. The van der Waals surface area contributed by atoms with Gasteiger partial charge in [-0.1, -0.05) is 35.0 Å². The Morgan fingerprint density at radius 2 is 1.97 bits per heavy atom. The van der Waals surface area contributed by atoms with Crippen molar-refractivity contribution in [1.29, 1.82) is 5.26 Å². The first-order chi connectivity index (χ1) is 17.3. The van der Waals surface area contributed by atoms with Gasteiger partial charge in [-0.15, -0.1) is 0 Å². The van der Waals surface area contributed by atoms with Crippen LogP contribution < -0.4 is 5.32 Å². The molecule has 13 heteroatoms. The summed E-state index contributed by atoms with van der Waals surface area (Å²) in [7, 11) is 0. The number of oxazole rings is 2. The average molecular weight is 508 g/mol. The van der Waals surface area contributed by atoms with Crippen molar-refractivity contribution in [3.05, 3.63) is 58.1 Å². The first-order valence-corrected chi connectivity index (χ1v) is 10.8. The van der Waals surface area contributed by atoms with E-state index in [2.05, 4.69) is 32.3 Å². The Bertz CT molecular complexity index is 1580. The van der Waals surface area contributed by atoms with E-state index in [4.69, 9.17) is 29.7 Å². The maximum Gasteiger partial charge on any atom is 0.412 e. The number of nitrogens with one attached hydrogen (secondary N) is 1. The summed E-state index contributed by atoms with van der Waals surface area (Å²) < 4.78 is 21.3. The van der Waals surface area contributed by atoms with Gasteiger partial charge in [-0.05, 0) is 31.8 Å². The molecule has 1 aliphatic carbocycles. The molecule has 0 spiro atoms. The van der Waals surface area contributed by atoms with Crippen LogP contribution in [-0.4, -0.2) is 32.3 Å². The number of halogens is 1. The van der Waals surface area contributed by atoms with Crippen LogP contribution >= 0.6 is 11.6 Å². The molecule has 1 amide bonds. The van der Waals surface area contributed by atoms with Gasteiger partial charge in [0.25, 0.3) is 17.3 Å². The Hall–Kier alpha value is -4.81. The number of carbonyl (C=O) groups is 2. The van der Waals surface area contributed by atoms with Crippen molar-refractivity contribution in [2.24, 2.45) is 0 Å². The van der Waals surface area contributed by atoms with Crippen LogP contribution in [0.2, 0.25) is 5.02 Å². The van der Waals surface area contributed by atoms with Crippen molar-refractivity contribution in [3.8, 4) is 17.9 Å². The molecule has 0 saturated heterocycles. The fourth-order valence-electron chi connectivity index (χ4n) is 3.38. The van der Waals surface area contributed by atoms with E-state index in [9.17, 15) is 20.0 Å². The van der Waals surface area contributed by atoms with Crippen molar-refractivity contribution >= 4 is 40.8 Å². The zero-order valence-electron chi connectivity index (χ0n) is 18.4. The highest BCUT2D eigenvalue weighted by molar-refractivity contribution is 6.31. The van der Waals surface area contributed by atoms with Gasteiger partial charge < -0.3 is 23.2 Å². The fraction of sp³-hybridized carbons (Fsp3) is 0.217. The number of ether oxygens (including phenoxy) is 1. The fourth-order valence-corrected chi connectivity index (χ4v) is 3.67. The van der Waals surface area contributed by atoms with Crippen molar-refractivity contribution in [1.82, 2.24) is 15.1 Å². The molecule has 3 aromatic heterocycles. The summed E-state index contributed by atoms with van der Waals surface area (Å²) in [6, 6.07) is 8.68. The summed E-state index contributed by atoms with van der Waals surface area (Å²) in [6.45, 7) is 1.64. The molecule has 2 N–H and O–H groups in total. The first-order valence-electron chi connectivity index (χ1n) is 10.5.